The molecule has 0 amide bonds. The van der Waals surface area contributed by atoms with Gasteiger partial charge in [0.1, 0.15) is 5.41 Å². The highest BCUT2D eigenvalue weighted by Crippen LogP contribution is 2.45. The maximum absolute atomic E-state index is 13.4. The van der Waals surface area contributed by atoms with Crippen molar-refractivity contribution < 1.29 is 18.0 Å². The predicted octanol–water partition coefficient (Wildman–Crippen LogP) is 2.96. The highest BCUT2D eigenvalue weighted by molar-refractivity contribution is 6.03. The van der Waals surface area contributed by atoms with Gasteiger partial charge in [0.2, 0.25) is 0 Å². The number of benzene rings is 1. The number of hydrogen-bond acceptors (Lipinski definition) is 3. The summed E-state index contributed by atoms with van der Waals surface area (Å²) < 4.78 is 40.2. The van der Waals surface area contributed by atoms with Gasteiger partial charge in [-0.15, -0.1) is 0 Å². The zero-order chi connectivity index (χ0) is 15.1. The van der Waals surface area contributed by atoms with Crippen molar-refractivity contribution in [2.75, 3.05) is 13.1 Å². The fourth-order valence-corrected chi connectivity index (χ4v) is 2.73. The number of hydrogen-bond donors (Lipinski definition) is 1. The number of ketones is 1. The van der Waals surface area contributed by atoms with Crippen LogP contribution in [0.25, 0.3) is 10.9 Å². The molecule has 3 rings (SSSR count). The monoisotopic (exact) mass is 294 g/mol. The Balaban J connectivity index is 2.06. The fraction of sp³-hybridized carbons (Fsp3) is 0.333. The zero-order valence-electron chi connectivity index (χ0n) is 11.1. The number of carbonyl (C=O) groups is 1. The minimum Gasteiger partial charge on any atom is -0.315 e. The van der Waals surface area contributed by atoms with Crippen LogP contribution >= 0.6 is 0 Å². The Labute approximate surface area is 119 Å². The van der Waals surface area contributed by atoms with Crippen LogP contribution in [0.3, 0.4) is 0 Å². The summed E-state index contributed by atoms with van der Waals surface area (Å²) in [6.45, 7) is -0.186. The molecule has 1 aromatic carbocycles. The molecule has 1 aliphatic rings. The molecule has 1 aromatic heterocycles. The molecule has 3 nitrogen and oxygen atoms in total. The maximum Gasteiger partial charge on any atom is 0.402 e. The third-order valence-electron chi connectivity index (χ3n) is 3.99. The molecule has 21 heavy (non-hydrogen) atoms. The lowest BCUT2D eigenvalue weighted by atomic mass is 9.79. The molecular weight excluding hydrogens is 281 g/mol. The number of nitrogens with one attached hydrogen (secondary N) is 1. The highest BCUT2D eigenvalue weighted by Gasteiger charge is 2.61. The standard InChI is InChI=1S/C15H13F3N2O/c16-15(17,18)14(5-6-19-9-14)13(21)11-7-10-3-1-2-4-12(10)20-8-11/h1-4,7-8,19H,5-6,9H2. The van der Waals surface area contributed by atoms with E-state index in [9.17, 15) is 18.0 Å². The second-order valence-corrected chi connectivity index (χ2v) is 5.25. The molecule has 2 aromatic rings. The molecule has 1 N–H and O–H groups in total. The number of fused-ring (bicyclic) bond motifs is 1. The van der Waals surface area contributed by atoms with Crippen LogP contribution in [0, 0.1) is 5.41 Å². The SMILES string of the molecule is O=C(c1cnc2ccccc2c1)C1(C(F)(F)F)CCNC1. The number of carbonyl (C=O) groups excluding carboxylic acids is 1. The van der Waals surface area contributed by atoms with Crippen LogP contribution < -0.4 is 5.32 Å². The van der Waals surface area contributed by atoms with Gasteiger partial charge in [-0.25, -0.2) is 0 Å². The first-order chi connectivity index (χ1) is 9.94. The van der Waals surface area contributed by atoms with E-state index in [-0.39, 0.29) is 25.1 Å². The van der Waals surface area contributed by atoms with E-state index in [0.717, 1.165) is 0 Å². The van der Waals surface area contributed by atoms with Crippen molar-refractivity contribution in [3.63, 3.8) is 0 Å². The number of halogens is 3. The molecule has 1 atom stereocenters. The molecule has 6 heteroatoms. The van der Waals surface area contributed by atoms with Crippen molar-refractivity contribution in [1.82, 2.24) is 10.3 Å². The van der Waals surface area contributed by atoms with Gasteiger partial charge >= 0.3 is 6.18 Å². The zero-order valence-corrected chi connectivity index (χ0v) is 11.1. The van der Waals surface area contributed by atoms with Crippen LogP contribution in [-0.4, -0.2) is 30.0 Å². The number of aromatic nitrogens is 1. The molecule has 0 bridgehead atoms. The van der Waals surface area contributed by atoms with E-state index < -0.39 is 17.4 Å². The van der Waals surface area contributed by atoms with Gasteiger partial charge in [-0.3, -0.25) is 9.78 Å². The van der Waals surface area contributed by atoms with Gasteiger partial charge in [0.15, 0.2) is 5.78 Å². The summed E-state index contributed by atoms with van der Waals surface area (Å²) in [7, 11) is 0. The fourth-order valence-electron chi connectivity index (χ4n) is 2.73. The van der Waals surface area contributed by atoms with Crippen LogP contribution in [0.5, 0.6) is 0 Å². The van der Waals surface area contributed by atoms with E-state index in [2.05, 4.69) is 10.3 Å². The minimum atomic E-state index is -4.57. The number of rotatable bonds is 2. The average molecular weight is 294 g/mol. The lowest BCUT2D eigenvalue weighted by Crippen LogP contribution is -2.46. The van der Waals surface area contributed by atoms with Crippen LogP contribution in [0.4, 0.5) is 13.2 Å². The van der Waals surface area contributed by atoms with Crippen LogP contribution in [0.2, 0.25) is 0 Å². The Hall–Kier alpha value is -1.95. The Bertz CT molecular complexity index is 691. The van der Waals surface area contributed by atoms with E-state index in [1.807, 2.05) is 0 Å². The van der Waals surface area contributed by atoms with Crippen LogP contribution in [0.1, 0.15) is 16.8 Å². The number of Topliss-reactive ketones (excluding diaryl/α,β-unsaturated/α-hetero) is 1. The molecule has 0 saturated carbocycles. The smallest absolute Gasteiger partial charge is 0.315 e. The van der Waals surface area contributed by atoms with Crippen molar-refractivity contribution in [2.24, 2.45) is 5.41 Å². The minimum absolute atomic E-state index is 0.00900. The van der Waals surface area contributed by atoms with Crippen molar-refractivity contribution >= 4 is 16.7 Å². The van der Waals surface area contributed by atoms with E-state index in [1.165, 1.54) is 12.3 Å². The first kappa shape index (κ1) is 14.0. The molecule has 1 fully saturated rings. The van der Waals surface area contributed by atoms with Crippen molar-refractivity contribution in [1.29, 1.82) is 0 Å². The largest absolute Gasteiger partial charge is 0.402 e. The van der Waals surface area contributed by atoms with Crippen molar-refractivity contribution in [3.8, 4) is 0 Å². The van der Waals surface area contributed by atoms with E-state index in [4.69, 9.17) is 0 Å². The van der Waals surface area contributed by atoms with Crippen molar-refractivity contribution in [2.45, 2.75) is 12.6 Å². The van der Waals surface area contributed by atoms with Crippen LogP contribution in [-0.2, 0) is 0 Å². The Kier molecular flexibility index (Phi) is 3.20. The van der Waals surface area contributed by atoms with Gasteiger partial charge in [0.25, 0.3) is 0 Å². The summed E-state index contributed by atoms with van der Waals surface area (Å²) in [6, 6.07) is 8.51. The lowest BCUT2D eigenvalue weighted by Gasteiger charge is -2.29. The second-order valence-electron chi connectivity index (χ2n) is 5.25. The number of nitrogens with zero attached hydrogens (tertiary/aromatic N) is 1. The van der Waals surface area contributed by atoms with Gasteiger partial charge in [0.05, 0.1) is 5.52 Å². The molecule has 110 valence electrons. The van der Waals surface area contributed by atoms with Crippen LogP contribution in [0.15, 0.2) is 36.5 Å². The Morgan fingerprint density at radius 3 is 2.71 bits per heavy atom. The van der Waals surface area contributed by atoms with Gasteiger partial charge < -0.3 is 5.32 Å². The lowest BCUT2D eigenvalue weighted by molar-refractivity contribution is -0.197. The normalized spacial score (nSPS) is 22.6. The molecule has 0 spiro atoms. The molecule has 0 aliphatic carbocycles. The molecule has 0 radical (unpaired) electrons. The first-order valence-electron chi connectivity index (χ1n) is 6.61. The van der Waals surface area contributed by atoms with E-state index >= 15 is 0 Å². The second kappa shape index (κ2) is 4.80. The number of alkyl halides is 3. The number of para-hydroxylation sites is 1. The summed E-state index contributed by atoms with van der Waals surface area (Å²) in [4.78, 5) is 16.5. The highest BCUT2D eigenvalue weighted by atomic mass is 19.4. The average Bonchev–Trinajstić information content (AvgIpc) is 2.96. The third kappa shape index (κ3) is 2.19. The van der Waals surface area contributed by atoms with E-state index in [0.29, 0.717) is 10.9 Å². The van der Waals surface area contributed by atoms with Gasteiger partial charge in [-0.05, 0) is 25.1 Å². The maximum atomic E-state index is 13.4. The predicted molar refractivity (Wildman–Crippen MR) is 72.0 cm³/mol. The topological polar surface area (TPSA) is 42.0 Å². The first-order valence-corrected chi connectivity index (χ1v) is 6.61. The Morgan fingerprint density at radius 1 is 1.29 bits per heavy atom. The number of pyridine rings is 1. The summed E-state index contributed by atoms with van der Waals surface area (Å²) in [5.41, 5.74) is -1.67. The van der Waals surface area contributed by atoms with Gasteiger partial charge in [0, 0.05) is 23.7 Å². The van der Waals surface area contributed by atoms with Gasteiger partial charge in [-0.2, -0.15) is 13.2 Å². The molecule has 1 aliphatic heterocycles. The molecule has 1 saturated heterocycles. The third-order valence-corrected chi connectivity index (χ3v) is 3.99. The quantitative estimate of drug-likeness (QED) is 0.866. The Morgan fingerprint density at radius 2 is 2.05 bits per heavy atom. The van der Waals surface area contributed by atoms with Crippen molar-refractivity contribution in [3.05, 3.63) is 42.1 Å². The molecule has 1 unspecified atom stereocenters. The van der Waals surface area contributed by atoms with E-state index in [1.54, 1.807) is 24.3 Å². The van der Waals surface area contributed by atoms with Gasteiger partial charge in [-0.1, -0.05) is 18.2 Å². The molecular formula is C15H13F3N2O. The summed E-state index contributed by atoms with van der Waals surface area (Å²) >= 11 is 0. The summed E-state index contributed by atoms with van der Waals surface area (Å²) in [5, 5.41) is 3.31. The molecule has 2 heterocycles. The summed E-state index contributed by atoms with van der Waals surface area (Å²) in [5.74, 6) is -0.904. The summed E-state index contributed by atoms with van der Waals surface area (Å²) in [6.07, 6.45) is -3.57.